The average Bonchev–Trinajstić information content (AvgIpc) is 2.26. The summed E-state index contributed by atoms with van der Waals surface area (Å²) in [6.07, 6.45) is 5.43. The normalized spacial score (nSPS) is 26.9. The van der Waals surface area contributed by atoms with Gasteiger partial charge >= 0.3 is 0 Å². The van der Waals surface area contributed by atoms with Gasteiger partial charge in [0.25, 0.3) is 0 Å². The van der Waals surface area contributed by atoms with Crippen molar-refractivity contribution in [1.82, 2.24) is 5.32 Å². The molecule has 100 valence electrons. The molecule has 2 nitrogen and oxygen atoms in total. The van der Waals surface area contributed by atoms with Gasteiger partial charge in [-0.25, -0.2) is 0 Å². The molecule has 1 saturated carbocycles. The first-order chi connectivity index (χ1) is 7.99. The molecule has 3 heteroatoms. The number of carbonyl (C=O) groups is 1. The molecule has 17 heavy (non-hydrogen) atoms. The molecule has 1 unspecified atom stereocenters. The molecule has 1 N–H and O–H groups in total. The molecule has 0 aromatic rings. The predicted octanol–water partition coefficient (Wildman–Crippen LogP) is 3.58. The van der Waals surface area contributed by atoms with E-state index in [9.17, 15) is 4.79 Å². The zero-order chi connectivity index (χ0) is 12.8. The quantitative estimate of drug-likeness (QED) is 0.752. The van der Waals surface area contributed by atoms with E-state index in [0.717, 1.165) is 25.2 Å². The van der Waals surface area contributed by atoms with Gasteiger partial charge in [0.2, 0.25) is 5.91 Å². The van der Waals surface area contributed by atoms with Gasteiger partial charge in [-0.2, -0.15) is 0 Å². The minimum Gasteiger partial charge on any atom is -0.354 e. The Labute approximate surface area is 110 Å². The molecular formula is C14H26ClNO. The molecule has 1 aliphatic carbocycles. The molecule has 1 rings (SSSR count). The van der Waals surface area contributed by atoms with Gasteiger partial charge in [-0.1, -0.05) is 20.8 Å². The van der Waals surface area contributed by atoms with E-state index in [1.54, 1.807) is 0 Å². The summed E-state index contributed by atoms with van der Waals surface area (Å²) >= 11 is 6.17. The van der Waals surface area contributed by atoms with Crippen LogP contribution in [0.3, 0.4) is 0 Å². The van der Waals surface area contributed by atoms with E-state index >= 15 is 0 Å². The second-order valence-electron chi connectivity index (χ2n) is 5.93. The standard InChI is InChI=1S/C14H26ClNO/c1-10(2)8-13(15)9-16-14(17)12-6-4-11(3)5-7-12/h10-13H,4-9H2,1-3H3,(H,16,17). The van der Waals surface area contributed by atoms with Gasteiger partial charge in [0.1, 0.15) is 0 Å². The lowest BCUT2D eigenvalue weighted by Gasteiger charge is -2.25. The monoisotopic (exact) mass is 259 g/mol. The number of halogens is 1. The maximum absolute atomic E-state index is 11.9. The summed E-state index contributed by atoms with van der Waals surface area (Å²) in [7, 11) is 0. The highest BCUT2D eigenvalue weighted by Gasteiger charge is 2.24. The number of amides is 1. The summed E-state index contributed by atoms with van der Waals surface area (Å²) < 4.78 is 0. The molecule has 1 aliphatic rings. The molecule has 1 fully saturated rings. The van der Waals surface area contributed by atoms with Crippen molar-refractivity contribution >= 4 is 17.5 Å². The first kappa shape index (κ1) is 14.8. The fourth-order valence-corrected chi connectivity index (χ4v) is 2.91. The summed E-state index contributed by atoms with van der Waals surface area (Å²) in [5, 5.41) is 3.07. The Balaban J connectivity index is 2.20. The average molecular weight is 260 g/mol. The highest BCUT2D eigenvalue weighted by molar-refractivity contribution is 6.20. The van der Waals surface area contributed by atoms with E-state index < -0.39 is 0 Å². The van der Waals surface area contributed by atoms with E-state index in [4.69, 9.17) is 11.6 Å². The predicted molar refractivity (Wildman–Crippen MR) is 73.2 cm³/mol. The van der Waals surface area contributed by atoms with Crippen molar-refractivity contribution in [2.75, 3.05) is 6.54 Å². The molecule has 0 aromatic heterocycles. The number of carbonyl (C=O) groups excluding carboxylic acids is 1. The number of rotatable bonds is 5. The number of alkyl halides is 1. The molecule has 0 heterocycles. The summed E-state index contributed by atoms with van der Waals surface area (Å²) in [4.78, 5) is 11.9. The van der Waals surface area contributed by atoms with Crippen molar-refractivity contribution in [2.45, 2.75) is 58.3 Å². The van der Waals surface area contributed by atoms with Crippen molar-refractivity contribution in [1.29, 1.82) is 0 Å². The number of hydrogen-bond donors (Lipinski definition) is 1. The van der Waals surface area contributed by atoms with Crippen LogP contribution in [0.5, 0.6) is 0 Å². The van der Waals surface area contributed by atoms with E-state index in [2.05, 4.69) is 26.1 Å². The van der Waals surface area contributed by atoms with E-state index in [0.29, 0.717) is 12.5 Å². The van der Waals surface area contributed by atoms with Gasteiger partial charge in [0.05, 0.1) is 5.38 Å². The molecule has 0 saturated heterocycles. The Morgan fingerprint density at radius 3 is 2.41 bits per heavy atom. The number of hydrogen-bond acceptors (Lipinski definition) is 1. The minimum absolute atomic E-state index is 0.0708. The van der Waals surface area contributed by atoms with Gasteiger partial charge < -0.3 is 5.32 Å². The topological polar surface area (TPSA) is 29.1 Å². The van der Waals surface area contributed by atoms with Crippen LogP contribution in [0.1, 0.15) is 52.9 Å². The van der Waals surface area contributed by atoms with Crippen molar-refractivity contribution in [3.63, 3.8) is 0 Å². The summed E-state index contributed by atoms with van der Waals surface area (Å²) in [5.41, 5.74) is 0. The van der Waals surface area contributed by atoms with Crippen molar-refractivity contribution in [3.05, 3.63) is 0 Å². The largest absolute Gasteiger partial charge is 0.354 e. The van der Waals surface area contributed by atoms with Crippen LogP contribution < -0.4 is 5.32 Å². The SMILES string of the molecule is CC(C)CC(Cl)CNC(=O)C1CCC(C)CC1. The molecule has 0 radical (unpaired) electrons. The molecule has 0 aliphatic heterocycles. The molecule has 0 spiro atoms. The third-order valence-corrected chi connectivity index (χ3v) is 3.94. The van der Waals surface area contributed by atoms with Crippen LogP contribution in [0.4, 0.5) is 0 Å². The lowest BCUT2D eigenvalue weighted by atomic mass is 9.82. The maximum atomic E-state index is 11.9. The molecule has 1 atom stereocenters. The van der Waals surface area contributed by atoms with E-state index in [1.807, 2.05) is 0 Å². The van der Waals surface area contributed by atoms with Crippen molar-refractivity contribution < 1.29 is 4.79 Å². The third kappa shape index (κ3) is 5.76. The minimum atomic E-state index is 0.0708. The Morgan fingerprint density at radius 2 is 1.88 bits per heavy atom. The van der Waals surface area contributed by atoms with Gasteiger partial charge in [-0.05, 0) is 43.9 Å². The van der Waals surface area contributed by atoms with Crippen molar-refractivity contribution in [3.8, 4) is 0 Å². The van der Waals surface area contributed by atoms with Gasteiger partial charge in [-0.3, -0.25) is 4.79 Å². The van der Waals surface area contributed by atoms with Crippen LogP contribution in [0.25, 0.3) is 0 Å². The van der Waals surface area contributed by atoms with Crippen LogP contribution in [-0.2, 0) is 4.79 Å². The summed E-state index contributed by atoms with van der Waals surface area (Å²) in [5.74, 6) is 1.83. The van der Waals surface area contributed by atoms with Crippen LogP contribution in [0.2, 0.25) is 0 Å². The first-order valence-corrected chi connectivity index (χ1v) is 7.34. The van der Waals surface area contributed by atoms with Crippen LogP contribution in [0.15, 0.2) is 0 Å². The smallest absolute Gasteiger partial charge is 0.223 e. The Kier molecular flexibility index (Phi) is 6.32. The maximum Gasteiger partial charge on any atom is 0.223 e. The molecule has 0 aromatic carbocycles. The molecule has 0 bridgehead atoms. The van der Waals surface area contributed by atoms with E-state index in [1.165, 1.54) is 12.8 Å². The van der Waals surface area contributed by atoms with Gasteiger partial charge in [0, 0.05) is 12.5 Å². The highest BCUT2D eigenvalue weighted by Crippen LogP contribution is 2.28. The fourth-order valence-electron chi connectivity index (χ4n) is 2.47. The zero-order valence-corrected chi connectivity index (χ0v) is 12.1. The Bertz CT molecular complexity index is 234. The van der Waals surface area contributed by atoms with Gasteiger partial charge in [-0.15, -0.1) is 11.6 Å². The lowest BCUT2D eigenvalue weighted by Crippen LogP contribution is -2.36. The van der Waals surface area contributed by atoms with Gasteiger partial charge in [0.15, 0.2) is 0 Å². The van der Waals surface area contributed by atoms with E-state index in [-0.39, 0.29) is 17.2 Å². The Morgan fingerprint density at radius 1 is 1.29 bits per heavy atom. The second kappa shape index (κ2) is 7.25. The summed E-state index contributed by atoms with van der Waals surface area (Å²) in [6, 6.07) is 0. The Hall–Kier alpha value is -0.240. The van der Waals surface area contributed by atoms with Crippen molar-refractivity contribution in [2.24, 2.45) is 17.8 Å². The summed E-state index contributed by atoms with van der Waals surface area (Å²) in [6.45, 7) is 7.19. The highest BCUT2D eigenvalue weighted by atomic mass is 35.5. The molecule has 1 amide bonds. The molecular weight excluding hydrogens is 234 g/mol. The zero-order valence-electron chi connectivity index (χ0n) is 11.3. The lowest BCUT2D eigenvalue weighted by molar-refractivity contribution is -0.126. The number of nitrogens with one attached hydrogen (secondary N) is 1. The second-order valence-corrected chi connectivity index (χ2v) is 6.55. The van der Waals surface area contributed by atoms with Crippen LogP contribution in [0, 0.1) is 17.8 Å². The first-order valence-electron chi connectivity index (χ1n) is 6.90. The fraction of sp³-hybridized carbons (Fsp3) is 0.929. The third-order valence-electron chi connectivity index (χ3n) is 3.61. The van der Waals surface area contributed by atoms with Crippen LogP contribution in [-0.4, -0.2) is 17.8 Å². The van der Waals surface area contributed by atoms with Crippen LogP contribution >= 0.6 is 11.6 Å².